The second kappa shape index (κ2) is 4.45. The Balaban J connectivity index is 1.70. The summed E-state index contributed by atoms with van der Waals surface area (Å²) in [5.74, 6) is 0.458. The highest BCUT2D eigenvalue weighted by atomic mass is 16.5. The first-order chi connectivity index (χ1) is 10.3. The summed E-state index contributed by atoms with van der Waals surface area (Å²) in [6.07, 6.45) is 9.21. The molecule has 5 atom stereocenters. The van der Waals surface area contributed by atoms with E-state index in [4.69, 9.17) is 0 Å². The van der Waals surface area contributed by atoms with Crippen LogP contribution >= 0.6 is 0 Å². The van der Waals surface area contributed by atoms with Crippen LogP contribution in [0.2, 0.25) is 0 Å². The molecule has 0 radical (unpaired) electrons. The van der Waals surface area contributed by atoms with E-state index in [0.717, 1.165) is 38.5 Å². The minimum absolute atomic E-state index is 0.175. The Morgan fingerprint density at radius 2 is 1.73 bits per heavy atom. The van der Waals surface area contributed by atoms with Gasteiger partial charge in [-0.1, -0.05) is 19.4 Å². The van der Waals surface area contributed by atoms with Crippen molar-refractivity contribution in [1.29, 1.82) is 0 Å². The lowest BCUT2D eigenvalue weighted by molar-refractivity contribution is -0.247. The smallest absolute Gasteiger partial charge is 0.168 e. The number of hydrogen-bond donors (Lipinski definition) is 2. The molecule has 0 unspecified atom stereocenters. The summed E-state index contributed by atoms with van der Waals surface area (Å²) in [6, 6.07) is 0. The van der Waals surface area contributed by atoms with Crippen LogP contribution in [0.25, 0.3) is 0 Å². The highest BCUT2D eigenvalue weighted by molar-refractivity contribution is 5.91. The number of aliphatic hydroxyl groups is 2. The van der Waals surface area contributed by atoms with E-state index in [1.807, 2.05) is 6.08 Å². The number of carbonyl (C=O) groups excluding carboxylic acids is 1. The van der Waals surface area contributed by atoms with E-state index in [0.29, 0.717) is 36.4 Å². The van der Waals surface area contributed by atoms with Crippen LogP contribution in [0.5, 0.6) is 0 Å². The van der Waals surface area contributed by atoms with Crippen LogP contribution in [-0.2, 0) is 4.79 Å². The Hall–Kier alpha value is -0.670. The van der Waals surface area contributed by atoms with Crippen molar-refractivity contribution in [1.82, 2.24) is 0 Å². The van der Waals surface area contributed by atoms with Crippen molar-refractivity contribution in [2.75, 3.05) is 0 Å². The molecule has 4 aliphatic carbocycles. The van der Waals surface area contributed by atoms with Gasteiger partial charge in [-0.2, -0.15) is 0 Å². The largest absolute Gasteiger partial charge is 0.365 e. The zero-order chi connectivity index (χ0) is 15.8. The predicted octanol–water partition coefficient (Wildman–Crippen LogP) is 3.20. The van der Waals surface area contributed by atoms with E-state index >= 15 is 0 Å². The van der Waals surface area contributed by atoms with Crippen LogP contribution in [0.3, 0.4) is 0 Å². The molecule has 3 fully saturated rings. The highest BCUT2D eigenvalue weighted by Crippen LogP contribution is 2.66. The van der Waals surface area contributed by atoms with Gasteiger partial charge in [-0.15, -0.1) is 0 Å². The van der Waals surface area contributed by atoms with E-state index in [1.54, 1.807) is 0 Å². The average molecular weight is 304 g/mol. The number of carbonyl (C=O) groups is 1. The number of fused-ring (bicyclic) bond motifs is 5. The molecule has 0 aliphatic heterocycles. The normalized spacial score (nSPS) is 49.9. The fourth-order valence-electron chi connectivity index (χ4n) is 6.55. The standard InChI is InChI=1S/C19H28O3/c1-17-8-5-13(20)11-12(17)3-4-14-15(17)6-9-18(2)16(14)7-10-19(18,21)22/h11,14-16,21-22H,3-10H2,1-2H3/t14-,15-,16+,17+,18+/m1/s1. The summed E-state index contributed by atoms with van der Waals surface area (Å²) in [4.78, 5) is 11.8. The monoisotopic (exact) mass is 304 g/mol. The van der Waals surface area contributed by atoms with Crippen LogP contribution in [0, 0.1) is 28.6 Å². The maximum Gasteiger partial charge on any atom is 0.168 e. The second-order valence-electron chi connectivity index (χ2n) is 8.78. The molecule has 3 nitrogen and oxygen atoms in total. The van der Waals surface area contributed by atoms with Crippen LogP contribution in [0.15, 0.2) is 11.6 Å². The van der Waals surface area contributed by atoms with Crippen molar-refractivity contribution in [3.8, 4) is 0 Å². The molecule has 4 rings (SSSR count). The SMILES string of the molecule is C[C@]12CCC(=O)C=C1CC[C@@H]1[C@H]2CC[C@@]2(C)[C@H]1CCC2(O)O. The fraction of sp³-hybridized carbons (Fsp3) is 0.842. The lowest BCUT2D eigenvalue weighted by Crippen LogP contribution is -2.54. The van der Waals surface area contributed by atoms with Gasteiger partial charge in [-0.25, -0.2) is 0 Å². The molecule has 0 amide bonds. The zero-order valence-electron chi connectivity index (χ0n) is 13.8. The fourth-order valence-corrected chi connectivity index (χ4v) is 6.55. The quantitative estimate of drug-likeness (QED) is 0.676. The summed E-state index contributed by atoms with van der Waals surface area (Å²) in [5, 5.41) is 20.9. The third kappa shape index (κ3) is 1.73. The molecule has 3 heteroatoms. The van der Waals surface area contributed by atoms with E-state index < -0.39 is 5.79 Å². The third-order valence-electron chi connectivity index (χ3n) is 8.07. The molecule has 0 heterocycles. The molecule has 0 aromatic heterocycles. The molecule has 122 valence electrons. The summed E-state index contributed by atoms with van der Waals surface area (Å²) in [5.41, 5.74) is 1.22. The van der Waals surface area contributed by atoms with Gasteiger partial charge in [-0.3, -0.25) is 4.79 Å². The molecule has 4 aliphatic rings. The van der Waals surface area contributed by atoms with E-state index in [1.165, 1.54) is 5.57 Å². The van der Waals surface area contributed by atoms with Crippen LogP contribution < -0.4 is 0 Å². The average Bonchev–Trinajstić information content (AvgIpc) is 2.70. The Labute approximate surface area is 132 Å². The Bertz CT molecular complexity index is 549. The van der Waals surface area contributed by atoms with Crippen molar-refractivity contribution in [2.45, 2.75) is 71.0 Å². The highest BCUT2D eigenvalue weighted by Gasteiger charge is 2.63. The maximum atomic E-state index is 11.8. The molecular formula is C19H28O3. The second-order valence-corrected chi connectivity index (χ2v) is 8.78. The zero-order valence-corrected chi connectivity index (χ0v) is 13.8. The van der Waals surface area contributed by atoms with Crippen molar-refractivity contribution >= 4 is 5.78 Å². The molecule has 2 N–H and O–H groups in total. The van der Waals surface area contributed by atoms with Gasteiger partial charge >= 0.3 is 0 Å². The van der Waals surface area contributed by atoms with Crippen molar-refractivity contribution < 1.29 is 15.0 Å². The lowest BCUT2D eigenvalue weighted by atomic mass is 9.47. The van der Waals surface area contributed by atoms with Crippen molar-refractivity contribution in [3.63, 3.8) is 0 Å². The third-order valence-corrected chi connectivity index (χ3v) is 8.07. The number of ketones is 1. The topological polar surface area (TPSA) is 57.5 Å². The van der Waals surface area contributed by atoms with Crippen molar-refractivity contribution in [3.05, 3.63) is 11.6 Å². The van der Waals surface area contributed by atoms with Crippen LogP contribution in [-0.4, -0.2) is 21.8 Å². The minimum Gasteiger partial charge on any atom is -0.365 e. The van der Waals surface area contributed by atoms with Gasteiger partial charge in [0.25, 0.3) is 0 Å². The number of hydrogen-bond acceptors (Lipinski definition) is 3. The van der Waals surface area contributed by atoms with Gasteiger partial charge in [0.2, 0.25) is 0 Å². The molecule has 0 saturated heterocycles. The minimum atomic E-state index is -1.48. The molecule has 0 bridgehead atoms. The number of allylic oxidation sites excluding steroid dienone is 1. The summed E-state index contributed by atoms with van der Waals surface area (Å²) in [7, 11) is 0. The van der Waals surface area contributed by atoms with Gasteiger partial charge in [0.1, 0.15) is 0 Å². The molecule has 0 aromatic carbocycles. The van der Waals surface area contributed by atoms with E-state index in [2.05, 4.69) is 13.8 Å². The molecular weight excluding hydrogens is 276 g/mol. The Morgan fingerprint density at radius 3 is 2.50 bits per heavy atom. The Morgan fingerprint density at radius 1 is 1.00 bits per heavy atom. The lowest BCUT2D eigenvalue weighted by Gasteiger charge is -2.58. The summed E-state index contributed by atoms with van der Waals surface area (Å²) in [6.45, 7) is 4.46. The van der Waals surface area contributed by atoms with Gasteiger partial charge in [0, 0.05) is 18.3 Å². The van der Waals surface area contributed by atoms with E-state index in [-0.39, 0.29) is 10.8 Å². The first-order valence-corrected chi connectivity index (χ1v) is 8.97. The molecule has 22 heavy (non-hydrogen) atoms. The first kappa shape index (κ1) is 14.9. The van der Waals surface area contributed by atoms with E-state index in [9.17, 15) is 15.0 Å². The van der Waals surface area contributed by atoms with Crippen LogP contribution in [0.1, 0.15) is 65.2 Å². The summed E-state index contributed by atoms with van der Waals surface area (Å²) >= 11 is 0. The van der Waals surface area contributed by atoms with Gasteiger partial charge in [0.15, 0.2) is 11.6 Å². The summed E-state index contributed by atoms with van der Waals surface area (Å²) < 4.78 is 0. The molecule has 0 spiro atoms. The number of rotatable bonds is 0. The van der Waals surface area contributed by atoms with Gasteiger partial charge in [0.05, 0.1) is 0 Å². The maximum absolute atomic E-state index is 11.8. The first-order valence-electron chi connectivity index (χ1n) is 8.97. The van der Waals surface area contributed by atoms with Gasteiger partial charge < -0.3 is 10.2 Å². The predicted molar refractivity (Wildman–Crippen MR) is 83.9 cm³/mol. The van der Waals surface area contributed by atoms with Crippen LogP contribution in [0.4, 0.5) is 0 Å². The Kier molecular flexibility index (Phi) is 3.01. The molecule has 0 aromatic rings. The van der Waals surface area contributed by atoms with Crippen molar-refractivity contribution in [2.24, 2.45) is 28.6 Å². The van der Waals surface area contributed by atoms with Gasteiger partial charge in [-0.05, 0) is 67.8 Å². The molecule has 3 saturated carbocycles.